The summed E-state index contributed by atoms with van der Waals surface area (Å²) < 4.78 is 31.5. The molecular formula is C28H30ClN3O3S2. The highest BCUT2D eigenvalue weighted by Crippen LogP contribution is 2.27. The number of benzene rings is 3. The zero-order chi connectivity index (χ0) is 26.2. The van der Waals surface area contributed by atoms with Crippen LogP contribution in [0.15, 0.2) is 76.4 Å². The SMILES string of the molecule is C[C@@H]1CCCN(c2ccc([C@@H](C)NS(=O)(=O)c3ccc4c(c3)sc(=O)n4Cc3ccccc3Cl)cc2)C1. The first-order chi connectivity index (χ1) is 17.7. The topological polar surface area (TPSA) is 71.4 Å². The first kappa shape index (κ1) is 26.0. The molecule has 37 heavy (non-hydrogen) atoms. The van der Waals surface area contributed by atoms with Crippen LogP contribution >= 0.6 is 22.9 Å². The Hall–Kier alpha value is -2.65. The van der Waals surface area contributed by atoms with Crippen LogP contribution in [0.2, 0.25) is 5.02 Å². The van der Waals surface area contributed by atoms with Crippen LogP contribution in [0.1, 0.15) is 43.9 Å². The second kappa shape index (κ2) is 10.6. The van der Waals surface area contributed by atoms with Crippen molar-refractivity contribution in [3.05, 3.63) is 92.5 Å². The lowest BCUT2D eigenvalue weighted by Crippen LogP contribution is -2.34. The largest absolute Gasteiger partial charge is 0.371 e. The molecule has 0 unspecified atom stereocenters. The third-order valence-corrected chi connectivity index (χ3v) is 9.83. The van der Waals surface area contributed by atoms with E-state index in [4.69, 9.17) is 11.6 Å². The Morgan fingerprint density at radius 3 is 2.59 bits per heavy atom. The van der Waals surface area contributed by atoms with Crippen molar-refractivity contribution < 1.29 is 8.42 Å². The number of halogens is 1. The zero-order valence-corrected chi connectivity index (χ0v) is 23.2. The highest BCUT2D eigenvalue weighted by molar-refractivity contribution is 7.89. The van der Waals surface area contributed by atoms with Gasteiger partial charge in [0.05, 0.1) is 21.7 Å². The summed E-state index contributed by atoms with van der Waals surface area (Å²) in [5.74, 6) is 0.683. The fourth-order valence-electron chi connectivity index (χ4n) is 4.93. The van der Waals surface area contributed by atoms with Gasteiger partial charge in [-0.2, -0.15) is 0 Å². The molecule has 0 bridgehead atoms. The zero-order valence-electron chi connectivity index (χ0n) is 20.9. The fourth-order valence-corrected chi connectivity index (χ4v) is 7.38. The molecule has 0 radical (unpaired) electrons. The van der Waals surface area contributed by atoms with Crippen LogP contribution in [0.5, 0.6) is 0 Å². The summed E-state index contributed by atoms with van der Waals surface area (Å²) in [5.41, 5.74) is 3.59. The van der Waals surface area contributed by atoms with Gasteiger partial charge in [-0.1, -0.05) is 60.2 Å². The quantitative estimate of drug-likeness (QED) is 0.302. The molecule has 1 fully saturated rings. The lowest BCUT2D eigenvalue weighted by Gasteiger charge is -2.33. The molecule has 0 spiro atoms. The maximum atomic E-state index is 13.2. The van der Waals surface area contributed by atoms with Gasteiger partial charge in [-0.05, 0) is 73.2 Å². The third kappa shape index (κ3) is 5.62. The summed E-state index contributed by atoms with van der Waals surface area (Å²) in [7, 11) is -3.79. The lowest BCUT2D eigenvalue weighted by molar-refractivity contribution is 0.447. The van der Waals surface area contributed by atoms with E-state index >= 15 is 0 Å². The average Bonchev–Trinajstić information content (AvgIpc) is 3.19. The first-order valence-electron chi connectivity index (χ1n) is 12.5. The molecule has 194 valence electrons. The van der Waals surface area contributed by atoms with Crippen LogP contribution in [0.25, 0.3) is 10.2 Å². The van der Waals surface area contributed by atoms with E-state index in [1.807, 2.05) is 37.3 Å². The van der Waals surface area contributed by atoms with Crippen molar-refractivity contribution in [2.45, 2.75) is 44.2 Å². The number of fused-ring (bicyclic) bond motifs is 1. The highest BCUT2D eigenvalue weighted by Gasteiger charge is 2.21. The smallest absolute Gasteiger partial charge is 0.308 e. The van der Waals surface area contributed by atoms with Gasteiger partial charge in [0.2, 0.25) is 10.0 Å². The standard InChI is InChI=1S/C28H30ClN3O3S2/c1-19-6-5-15-31(17-19)23-11-9-21(10-12-23)20(2)30-37(34,35)24-13-14-26-27(16-24)36-28(33)32(26)18-22-7-3-4-8-25(22)29/h3-4,7-14,16,19-20,30H,5-6,15,17-18H2,1-2H3/t19-,20-/m1/s1. The van der Waals surface area contributed by atoms with Gasteiger partial charge in [0.25, 0.3) is 0 Å². The number of nitrogens with one attached hydrogen (secondary N) is 1. The number of hydrogen-bond donors (Lipinski definition) is 1. The van der Waals surface area contributed by atoms with Crippen molar-refractivity contribution in [2.75, 3.05) is 18.0 Å². The fraction of sp³-hybridized carbons (Fsp3) is 0.321. The molecule has 1 N–H and O–H groups in total. The summed E-state index contributed by atoms with van der Waals surface area (Å²) in [4.78, 5) is 15.1. The van der Waals surface area contributed by atoms with Gasteiger partial charge in [0.15, 0.2) is 0 Å². The molecule has 2 atom stereocenters. The van der Waals surface area contributed by atoms with Crippen LogP contribution in [-0.2, 0) is 16.6 Å². The van der Waals surface area contributed by atoms with Crippen LogP contribution < -0.4 is 14.5 Å². The molecule has 3 aromatic carbocycles. The van der Waals surface area contributed by atoms with E-state index < -0.39 is 16.1 Å². The van der Waals surface area contributed by atoms with Gasteiger partial charge in [-0.15, -0.1) is 0 Å². The van der Waals surface area contributed by atoms with Crippen molar-refractivity contribution in [2.24, 2.45) is 5.92 Å². The van der Waals surface area contributed by atoms with E-state index in [1.165, 1.54) is 18.5 Å². The Morgan fingerprint density at radius 1 is 1.11 bits per heavy atom. The van der Waals surface area contributed by atoms with Gasteiger partial charge in [-0.3, -0.25) is 9.36 Å². The van der Waals surface area contributed by atoms with E-state index in [2.05, 4.69) is 28.7 Å². The molecule has 1 aromatic heterocycles. The summed E-state index contributed by atoms with van der Waals surface area (Å²) >= 11 is 7.31. The van der Waals surface area contributed by atoms with Crippen molar-refractivity contribution in [1.29, 1.82) is 0 Å². The number of hydrogen-bond acceptors (Lipinski definition) is 5. The van der Waals surface area contributed by atoms with Crippen molar-refractivity contribution in [3.8, 4) is 0 Å². The molecule has 1 aliphatic rings. The van der Waals surface area contributed by atoms with Crippen LogP contribution in [0.3, 0.4) is 0 Å². The Morgan fingerprint density at radius 2 is 1.86 bits per heavy atom. The predicted molar refractivity (Wildman–Crippen MR) is 152 cm³/mol. The summed E-state index contributed by atoms with van der Waals surface area (Å²) in [5, 5.41) is 0.588. The second-order valence-corrected chi connectivity index (χ2v) is 12.9. The molecule has 1 aliphatic heterocycles. The van der Waals surface area contributed by atoms with Gasteiger partial charge < -0.3 is 4.90 Å². The van der Waals surface area contributed by atoms with Crippen LogP contribution in [-0.4, -0.2) is 26.1 Å². The van der Waals surface area contributed by atoms with Crippen LogP contribution in [0, 0.1) is 5.92 Å². The molecule has 0 amide bonds. The maximum absolute atomic E-state index is 13.2. The van der Waals surface area contributed by atoms with Gasteiger partial charge in [-0.25, -0.2) is 13.1 Å². The van der Waals surface area contributed by atoms with Crippen LogP contribution in [0.4, 0.5) is 5.69 Å². The minimum atomic E-state index is -3.79. The normalized spacial score (nSPS) is 17.3. The monoisotopic (exact) mass is 555 g/mol. The van der Waals surface area contributed by atoms with Gasteiger partial charge >= 0.3 is 4.87 Å². The molecular weight excluding hydrogens is 526 g/mol. The molecule has 1 saturated heterocycles. The third-order valence-electron chi connectivity index (χ3n) is 6.98. The number of nitrogens with zero attached hydrogens (tertiary/aromatic N) is 2. The molecule has 5 rings (SSSR count). The molecule has 0 aliphatic carbocycles. The second-order valence-electron chi connectivity index (χ2n) is 9.80. The number of anilines is 1. The van der Waals surface area contributed by atoms with E-state index in [1.54, 1.807) is 28.8 Å². The summed E-state index contributed by atoms with van der Waals surface area (Å²) in [6.07, 6.45) is 2.46. The average molecular weight is 556 g/mol. The highest BCUT2D eigenvalue weighted by atomic mass is 35.5. The van der Waals surface area contributed by atoms with Crippen molar-refractivity contribution in [1.82, 2.24) is 9.29 Å². The molecule has 2 heterocycles. The molecule has 4 aromatic rings. The van der Waals surface area contributed by atoms with Gasteiger partial charge in [0, 0.05) is 29.8 Å². The summed E-state index contributed by atoms with van der Waals surface area (Å²) in [6, 6.07) is 19.9. The van der Waals surface area contributed by atoms with Crippen molar-refractivity contribution >= 4 is 48.9 Å². The van der Waals surface area contributed by atoms with E-state index in [-0.39, 0.29) is 9.77 Å². The van der Waals surface area contributed by atoms with E-state index in [9.17, 15) is 13.2 Å². The first-order valence-corrected chi connectivity index (χ1v) is 15.1. The molecule has 6 nitrogen and oxygen atoms in total. The van der Waals surface area contributed by atoms with Crippen molar-refractivity contribution in [3.63, 3.8) is 0 Å². The van der Waals surface area contributed by atoms with Gasteiger partial charge in [0.1, 0.15) is 0 Å². The lowest BCUT2D eigenvalue weighted by atomic mass is 9.99. The number of aromatic nitrogens is 1. The predicted octanol–water partition coefficient (Wildman–Crippen LogP) is 6.04. The number of thiazole rings is 1. The van der Waals surface area contributed by atoms with E-state index in [0.29, 0.717) is 27.7 Å². The molecule has 0 saturated carbocycles. The Kier molecular flexibility index (Phi) is 7.45. The number of rotatable bonds is 7. The Balaban J connectivity index is 1.33. The maximum Gasteiger partial charge on any atom is 0.308 e. The Labute approximate surface area is 226 Å². The summed E-state index contributed by atoms with van der Waals surface area (Å²) in [6.45, 7) is 6.55. The Bertz CT molecular complexity index is 1580. The number of sulfonamides is 1. The van der Waals surface area contributed by atoms with E-state index in [0.717, 1.165) is 35.6 Å². The minimum Gasteiger partial charge on any atom is -0.371 e. The minimum absolute atomic E-state index is 0.136. The molecule has 9 heteroatoms. The number of piperidine rings is 1.